The third kappa shape index (κ3) is 3.51. The number of rotatable bonds is 4. The fourth-order valence-electron chi connectivity index (χ4n) is 2.43. The van der Waals surface area contributed by atoms with Crippen molar-refractivity contribution < 1.29 is 5.11 Å². The van der Waals surface area contributed by atoms with Crippen molar-refractivity contribution >= 4 is 0 Å². The molecule has 0 radical (unpaired) electrons. The van der Waals surface area contributed by atoms with E-state index in [1.54, 1.807) is 6.33 Å². The second kappa shape index (κ2) is 6.12. The first kappa shape index (κ1) is 12.5. The van der Waals surface area contributed by atoms with Crippen molar-refractivity contribution in [2.45, 2.75) is 50.7 Å². The van der Waals surface area contributed by atoms with Gasteiger partial charge in [0.25, 0.3) is 0 Å². The normalized spacial score (nSPS) is 25.8. The van der Waals surface area contributed by atoms with E-state index in [0.717, 1.165) is 38.1 Å². The van der Waals surface area contributed by atoms with Crippen LogP contribution < -0.4 is 5.32 Å². The van der Waals surface area contributed by atoms with Crippen LogP contribution in [0, 0.1) is 0 Å². The molecule has 0 amide bonds. The average molecular weight is 238 g/mol. The largest absolute Gasteiger partial charge is 0.392 e. The summed E-state index contributed by atoms with van der Waals surface area (Å²) >= 11 is 0. The van der Waals surface area contributed by atoms with Crippen molar-refractivity contribution in [2.75, 3.05) is 6.54 Å². The minimum absolute atomic E-state index is 0.183. The molecule has 1 saturated carbocycles. The van der Waals surface area contributed by atoms with Crippen molar-refractivity contribution in [3.8, 4) is 0 Å². The molecule has 2 atom stereocenters. The molecule has 1 aliphatic carbocycles. The van der Waals surface area contributed by atoms with Gasteiger partial charge in [-0.3, -0.25) is 0 Å². The molecule has 1 aromatic rings. The number of hydrogen-bond acceptors (Lipinski definition) is 4. The van der Waals surface area contributed by atoms with E-state index in [0.29, 0.717) is 0 Å². The lowest BCUT2D eigenvalue weighted by Gasteiger charge is -2.21. The molecule has 5 heteroatoms. The van der Waals surface area contributed by atoms with Crippen LogP contribution in [0.3, 0.4) is 0 Å². The first-order valence-corrected chi connectivity index (χ1v) is 6.51. The van der Waals surface area contributed by atoms with Crippen molar-refractivity contribution in [1.29, 1.82) is 0 Å². The molecule has 1 fully saturated rings. The summed E-state index contributed by atoms with van der Waals surface area (Å²) in [4.78, 5) is 0. The monoisotopic (exact) mass is 238 g/mol. The van der Waals surface area contributed by atoms with Crippen LogP contribution in [0.4, 0.5) is 0 Å². The molecule has 2 unspecified atom stereocenters. The molecule has 1 aromatic heterocycles. The van der Waals surface area contributed by atoms with Crippen LogP contribution in [-0.4, -0.2) is 38.6 Å². The molecule has 1 aliphatic rings. The maximum absolute atomic E-state index is 9.97. The highest BCUT2D eigenvalue weighted by molar-refractivity contribution is 4.86. The Morgan fingerprint density at radius 1 is 1.41 bits per heavy atom. The van der Waals surface area contributed by atoms with Crippen molar-refractivity contribution in [2.24, 2.45) is 7.05 Å². The van der Waals surface area contributed by atoms with E-state index in [1.807, 2.05) is 11.6 Å². The maximum atomic E-state index is 9.97. The number of aliphatic hydroxyl groups excluding tert-OH is 1. The summed E-state index contributed by atoms with van der Waals surface area (Å²) in [5.41, 5.74) is 0. The second-order valence-electron chi connectivity index (χ2n) is 4.87. The zero-order valence-corrected chi connectivity index (χ0v) is 10.5. The van der Waals surface area contributed by atoms with Gasteiger partial charge >= 0.3 is 0 Å². The van der Waals surface area contributed by atoms with Crippen LogP contribution in [0.5, 0.6) is 0 Å². The lowest BCUT2D eigenvalue weighted by molar-refractivity contribution is 0.120. The van der Waals surface area contributed by atoms with Crippen LogP contribution in [0.25, 0.3) is 0 Å². The van der Waals surface area contributed by atoms with E-state index in [-0.39, 0.29) is 12.1 Å². The van der Waals surface area contributed by atoms with Crippen LogP contribution >= 0.6 is 0 Å². The second-order valence-corrected chi connectivity index (χ2v) is 4.87. The fourth-order valence-corrected chi connectivity index (χ4v) is 2.43. The molecule has 0 bridgehead atoms. The smallest absolute Gasteiger partial charge is 0.133 e. The predicted molar refractivity (Wildman–Crippen MR) is 65.6 cm³/mol. The summed E-state index contributed by atoms with van der Waals surface area (Å²) in [6.45, 7) is 0.855. The van der Waals surface area contributed by atoms with Crippen molar-refractivity contribution in [3.63, 3.8) is 0 Å². The molecule has 2 rings (SSSR count). The van der Waals surface area contributed by atoms with Gasteiger partial charge in [0, 0.05) is 26.1 Å². The van der Waals surface area contributed by atoms with E-state index >= 15 is 0 Å². The highest BCUT2D eigenvalue weighted by Crippen LogP contribution is 2.17. The van der Waals surface area contributed by atoms with Gasteiger partial charge in [-0.25, -0.2) is 0 Å². The van der Waals surface area contributed by atoms with E-state index in [2.05, 4.69) is 15.5 Å². The van der Waals surface area contributed by atoms with Gasteiger partial charge in [0.2, 0.25) is 0 Å². The zero-order valence-electron chi connectivity index (χ0n) is 10.5. The molecule has 0 spiro atoms. The highest BCUT2D eigenvalue weighted by Gasteiger charge is 2.20. The van der Waals surface area contributed by atoms with E-state index in [4.69, 9.17) is 0 Å². The average Bonchev–Trinajstić information content (AvgIpc) is 2.60. The molecule has 96 valence electrons. The van der Waals surface area contributed by atoms with Gasteiger partial charge in [-0.15, -0.1) is 10.2 Å². The lowest BCUT2D eigenvalue weighted by atomic mass is 10.1. The molecule has 0 aliphatic heterocycles. The van der Waals surface area contributed by atoms with Crippen LogP contribution in [0.2, 0.25) is 0 Å². The number of nitrogens with one attached hydrogen (secondary N) is 1. The van der Waals surface area contributed by atoms with E-state index in [9.17, 15) is 5.11 Å². The Kier molecular flexibility index (Phi) is 4.50. The predicted octanol–water partition coefficient (Wildman–Crippen LogP) is 0.641. The third-order valence-electron chi connectivity index (χ3n) is 3.54. The topological polar surface area (TPSA) is 63.0 Å². The molecule has 17 heavy (non-hydrogen) atoms. The Morgan fingerprint density at radius 3 is 3.00 bits per heavy atom. The SMILES string of the molecule is Cn1cnnc1CCNC1CCCCCC1O. The van der Waals surface area contributed by atoms with Gasteiger partial charge in [-0.1, -0.05) is 19.3 Å². The zero-order chi connectivity index (χ0) is 12.1. The molecular formula is C12H22N4O. The number of aliphatic hydroxyl groups is 1. The first-order valence-electron chi connectivity index (χ1n) is 6.51. The number of aromatic nitrogens is 3. The number of hydrogen-bond donors (Lipinski definition) is 2. The standard InChI is InChI=1S/C12H22N4O/c1-16-9-14-15-12(16)7-8-13-10-5-3-2-4-6-11(10)17/h9-11,13,17H,2-8H2,1H3. The van der Waals surface area contributed by atoms with E-state index < -0.39 is 0 Å². The number of nitrogens with zero attached hydrogens (tertiary/aromatic N) is 3. The summed E-state index contributed by atoms with van der Waals surface area (Å²) in [5.74, 6) is 0.987. The minimum atomic E-state index is -0.183. The Labute approximate surface area is 102 Å². The fraction of sp³-hybridized carbons (Fsp3) is 0.833. The first-order chi connectivity index (χ1) is 8.27. The Balaban J connectivity index is 1.75. The molecule has 0 aromatic carbocycles. The highest BCUT2D eigenvalue weighted by atomic mass is 16.3. The van der Waals surface area contributed by atoms with Crippen LogP contribution in [-0.2, 0) is 13.5 Å². The summed E-state index contributed by atoms with van der Waals surface area (Å²) in [6, 6.07) is 0.255. The molecule has 1 heterocycles. The molecule has 5 nitrogen and oxygen atoms in total. The third-order valence-corrected chi connectivity index (χ3v) is 3.54. The Hall–Kier alpha value is -0.940. The summed E-state index contributed by atoms with van der Waals surface area (Å²) in [7, 11) is 1.95. The van der Waals surface area contributed by atoms with Crippen molar-refractivity contribution in [3.05, 3.63) is 12.2 Å². The summed E-state index contributed by atoms with van der Waals surface area (Å²) < 4.78 is 1.94. The Bertz CT molecular complexity index is 339. The van der Waals surface area contributed by atoms with Gasteiger partial charge < -0.3 is 15.0 Å². The van der Waals surface area contributed by atoms with Gasteiger partial charge in [0.15, 0.2) is 0 Å². The summed E-state index contributed by atoms with van der Waals surface area (Å²) in [6.07, 6.45) is 8.04. The Morgan fingerprint density at radius 2 is 2.24 bits per heavy atom. The molecular weight excluding hydrogens is 216 g/mol. The van der Waals surface area contributed by atoms with Gasteiger partial charge in [-0.05, 0) is 12.8 Å². The van der Waals surface area contributed by atoms with Crippen LogP contribution in [0.1, 0.15) is 37.9 Å². The van der Waals surface area contributed by atoms with Crippen molar-refractivity contribution in [1.82, 2.24) is 20.1 Å². The van der Waals surface area contributed by atoms with Gasteiger partial charge in [0.1, 0.15) is 12.2 Å². The molecule has 0 saturated heterocycles. The van der Waals surface area contributed by atoms with Gasteiger partial charge in [-0.2, -0.15) is 0 Å². The summed E-state index contributed by atoms with van der Waals surface area (Å²) in [5, 5.41) is 21.3. The number of aryl methyl sites for hydroxylation is 1. The van der Waals surface area contributed by atoms with Crippen LogP contribution in [0.15, 0.2) is 6.33 Å². The quantitative estimate of drug-likeness (QED) is 0.756. The lowest BCUT2D eigenvalue weighted by Crippen LogP contribution is -2.40. The van der Waals surface area contributed by atoms with E-state index in [1.165, 1.54) is 12.8 Å². The maximum Gasteiger partial charge on any atom is 0.133 e. The molecule has 2 N–H and O–H groups in total. The van der Waals surface area contributed by atoms with Gasteiger partial charge in [0.05, 0.1) is 6.10 Å². The minimum Gasteiger partial charge on any atom is -0.392 e.